The zero-order valence-electron chi connectivity index (χ0n) is 21.3. The first-order valence-electron chi connectivity index (χ1n) is 13.0. The van der Waals surface area contributed by atoms with Gasteiger partial charge in [0.2, 0.25) is 0 Å². The molecule has 0 radical (unpaired) electrons. The molecule has 3 N–H and O–H groups in total. The molecule has 1 unspecified atom stereocenters. The molecular formula is C32H33N3O3. The summed E-state index contributed by atoms with van der Waals surface area (Å²) in [6, 6.07) is 32.5. The molecule has 4 aromatic carbocycles. The predicted molar refractivity (Wildman–Crippen MR) is 151 cm³/mol. The minimum absolute atomic E-state index is 0.404. The Hall–Kier alpha value is -3.97. The van der Waals surface area contributed by atoms with Crippen molar-refractivity contribution in [1.82, 2.24) is 15.7 Å². The number of nitrogens with zero attached hydrogens (tertiary/aromatic N) is 1. The molecule has 194 valence electrons. The Bertz CT molecular complexity index is 1380. The van der Waals surface area contributed by atoms with Gasteiger partial charge < -0.3 is 10.1 Å². The van der Waals surface area contributed by atoms with Crippen LogP contribution < -0.4 is 15.5 Å². The lowest BCUT2D eigenvalue weighted by molar-refractivity contribution is 0.0706. The summed E-state index contributed by atoms with van der Waals surface area (Å²) in [5.41, 5.74) is 5.50. The summed E-state index contributed by atoms with van der Waals surface area (Å²) in [5.74, 6) is 0.335. The van der Waals surface area contributed by atoms with E-state index in [-0.39, 0.29) is 0 Å². The fourth-order valence-electron chi connectivity index (χ4n) is 4.93. The van der Waals surface area contributed by atoms with Crippen LogP contribution in [0.15, 0.2) is 103 Å². The molecule has 5 rings (SSSR count). The van der Waals surface area contributed by atoms with E-state index in [4.69, 9.17) is 9.94 Å². The SMILES string of the molecule is O=C(NO)c1ccc(/C=C(\CNC2CCN(Cc3ccccc3)C2)COc2cccc3ccccc23)cc1. The molecule has 0 aliphatic carbocycles. The number of hydroxylamine groups is 1. The highest BCUT2D eigenvalue weighted by Gasteiger charge is 2.22. The highest BCUT2D eigenvalue weighted by atomic mass is 16.5. The Balaban J connectivity index is 1.27. The second-order valence-electron chi connectivity index (χ2n) is 9.72. The molecule has 0 aromatic heterocycles. The molecule has 6 nitrogen and oxygen atoms in total. The molecule has 1 saturated heterocycles. The number of benzene rings is 4. The first-order chi connectivity index (χ1) is 18.7. The van der Waals surface area contributed by atoms with Crippen molar-refractivity contribution in [3.63, 3.8) is 0 Å². The van der Waals surface area contributed by atoms with Crippen molar-refractivity contribution in [2.45, 2.75) is 19.0 Å². The van der Waals surface area contributed by atoms with Crippen LogP contribution >= 0.6 is 0 Å². The average molecular weight is 508 g/mol. The Morgan fingerprint density at radius 3 is 2.53 bits per heavy atom. The molecule has 4 aromatic rings. The van der Waals surface area contributed by atoms with E-state index in [0.29, 0.717) is 24.8 Å². The zero-order chi connectivity index (χ0) is 26.2. The fraction of sp³-hybridized carbons (Fsp3) is 0.219. The van der Waals surface area contributed by atoms with Gasteiger partial charge in [-0.1, -0.05) is 84.9 Å². The normalized spacial score (nSPS) is 16.0. The van der Waals surface area contributed by atoms with Gasteiger partial charge in [-0.2, -0.15) is 0 Å². The molecule has 1 amide bonds. The number of amides is 1. The topological polar surface area (TPSA) is 73.8 Å². The van der Waals surface area contributed by atoms with E-state index in [2.05, 4.69) is 64.8 Å². The Labute approximate surface area is 223 Å². The Morgan fingerprint density at radius 1 is 0.947 bits per heavy atom. The smallest absolute Gasteiger partial charge is 0.274 e. The highest BCUT2D eigenvalue weighted by Crippen LogP contribution is 2.26. The molecular weight excluding hydrogens is 474 g/mol. The molecule has 1 fully saturated rings. The van der Waals surface area contributed by atoms with Crippen molar-refractivity contribution < 1.29 is 14.7 Å². The maximum atomic E-state index is 11.7. The molecule has 0 spiro atoms. The van der Waals surface area contributed by atoms with E-state index >= 15 is 0 Å². The van der Waals surface area contributed by atoms with E-state index in [1.807, 2.05) is 36.4 Å². The number of likely N-dealkylation sites (tertiary alicyclic amines) is 1. The van der Waals surface area contributed by atoms with Crippen molar-refractivity contribution >= 4 is 22.8 Å². The molecule has 0 saturated carbocycles. The first kappa shape index (κ1) is 25.7. The van der Waals surface area contributed by atoms with E-state index in [9.17, 15) is 4.79 Å². The first-order valence-corrected chi connectivity index (χ1v) is 13.0. The van der Waals surface area contributed by atoms with E-state index in [1.54, 1.807) is 17.6 Å². The summed E-state index contributed by atoms with van der Waals surface area (Å²) in [7, 11) is 0. The lowest BCUT2D eigenvalue weighted by Crippen LogP contribution is -2.34. The fourth-order valence-corrected chi connectivity index (χ4v) is 4.93. The van der Waals surface area contributed by atoms with Crippen molar-refractivity contribution in [3.8, 4) is 5.75 Å². The van der Waals surface area contributed by atoms with Gasteiger partial charge in [-0.3, -0.25) is 14.9 Å². The van der Waals surface area contributed by atoms with Crippen molar-refractivity contribution in [3.05, 3.63) is 119 Å². The van der Waals surface area contributed by atoms with E-state index < -0.39 is 5.91 Å². The molecule has 1 atom stereocenters. The Morgan fingerprint density at radius 2 is 1.71 bits per heavy atom. The minimum atomic E-state index is -0.525. The van der Waals surface area contributed by atoms with Crippen molar-refractivity contribution in [2.75, 3.05) is 26.2 Å². The quantitative estimate of drug-likeness (QED) is 0.201. The number of ether oxygens (including phenoxy) is 1. The van der Waals surface area contributed by atoms with Gasteiger partial charge in [-0.05, 0) is 46.7 Å². The van der Waals surface area contributed by atoms with Crippen molar-refractivity contribution in [1.29, 1.82) is 0 Å². The van der Waals surface area contributed by atoms with Crippen molar-refractivity contribution in [2.24, 2.45) is 0 Å². The summed E-state index contributed by atoms with van der Waals surface area (Å²) in [4.78, 5) is 14.2. The molecule has 38 heavy (non-hydrogen) atoms. The van der Waals surface area contributed by atoms with Gasteiger partial charge in [0.15, 0.2) is 0 Å². The zero-order valence-corrected chi connectivity index (χ0v) is 21.3. The lowest BCUT2D eigenvalue weighted by atomic mass is 10.1. The standard InChI is InChI=1S/C32H33N3O3/c36-32(34-37)28-15-13-24(14-16-28)19-26(23-38-31-12-6-10-27-9-4-5-11-30(27)31)20-33-29-17-18-35(22-29)21-25-7-2-1-3-8-25/h1-16,19,29,33,37H,17-18,20-23H2,(H,34,36)/b26-19+. The van der Waals surface area contributed by atoms with Crippen LogP contribution in [0, 0.1) is 0 Å². The number of hydrogen-bond acceptors (Lipinski definition) is 5. The third-order valence-corrected chi connectivity index (χ3v) is 6.95. The van der Waals surface area contributed by atoms with Gasteiger partial charge in [0, 0.05) is 43.2 Å². The number of carbonyl (C=O) groups excluding carboxylic acids is 1. The van der Waals surface area contributed by atoms with Gasteiger partial charge in [0.25, 0.3) is 5.91 Å². The van der Waals surface area contributed by atoms with Crippen LogP contribution in [-0.2, 0) is 6.54 Å². The van der Waals surface area contributed by atoms with E-state index in [1.165, 1.54) is 5.56 Å². The average Bonchev–Trinajstić information content (AvgIpc) is 3.42. The third kappa shape index (κ3) is 6.66. The van der Waals surface area contributed by atoms with Crippen LogP contribution in [0.25, 0.3) is 16.8 Å². The Kier molecular flexibility index (Phi) is 8.46. The van der Waals surface area contributed by atoms with Crippen LogP contribution in [0.2, 0.25) is 0 Å². The minimum Gasteiger partial charge on any atom is -0.489 e. The number of rotatable bonds is 10. The summed E-state index contributed by atoms with van der Waals surface area (Å²) in [6.07, 6.45) is 3.21. The van der Waals surface area contributed by atoms with Gasteiger partial charge in [-0.15, -0.1) is 0 Å². The summed E-state index contributed by atoms with van der Waals surface area (Å²) >= 11 is 0. The largest absolute Gasteiger partial charge is 0.489 e. The number of fused-ring (bicyclic) bond motifs is 1. The van der Waals surface area contributed by atoms with Gasteiger partial charge >= 0.3 is 0 Å². The van der Waals surface area contributed by atoms with Crippen LogP contribution in [-0.4, -0.2) is 48.3 Å². The molecule has 1 aliphatic rings. The predicted octanol–water partition coefficient (Wildman–Crippen LogP) is 5.29. The lowest BCUT2D eigenvalue weighted by Gasteiger charge is -2.18. The van der Waals surface area contributed by atoms with Gasteiger partial charge in [-0.25, -0.2) is 5.48 Å². The summed E-state index contributed by atoms with van der Waals surface area (Å²) in [5, 5.41) is 14.9. The van der Waals surface area contributed by atoms with E-state index in [0.717, 1.165) is 53.7 Å². The van der Waals surface area contributed by atoms with Gasteiger partial charge in [0.05, 0.1) is 0 Å². The van der Waals surface area contributed by atoms with Crippen LogP contribution in [0.1, 0.15) is 27.9 Å². The third-order valence-electron chi connectivity index (χ3n) is 6.95. The molecule has 1 aliphatic heterocycles. The maximum Gasteiger partial charge on any atom is 0.274 e. The summed E-state index contributed by atoms with van der Waals surface area (Å²) < 4.78 is 6.33. The van der Waals surface area contributed by atoms with Crippen LogP contribution in [0.3, 0.4) is 0 Å². The van der Waals surface area contributed by atoms with Crippen LogP contribution in [0.5, 0.6) is 5.75 Å². The maximum absolute atomic E-state index is 11.7. The number of hydrogen-bond donors (Lipinski definition) is 3. The monoisotopic (exact) mass is 507 g/mol. The highest BCUT2D eigenvalue weighted by molar-refractivity contribution is 5.93. The molecule has 1 heterocycles. The number of nitrogens with one attached hydrogen (secondary N) is 2. The summed E-state index contributed by atoms with van der Waals surface area (Å²) in [6.45, 7) is 4.21. The molecule has 0 bridgehead atoms. The van der Waals surface area contributed by atoms with Crippen LogP contribution in [0.4, 0.5) is 0 Å². The van der Waals surface area contributed by atoms with Gasteiger partial charge in [0.1, 0.15) is 12.4 Å². The second kappa shape index (κ2) is 12.5. The molecule has 6 heteroatoms. The second-order valence-corrected chi connectivity index (χ2v) is 9.72. The number of carbonyl (C=O) groups is 1.